The van der Waals surface area contributed by atoms with E-state index in [-0.39, 0.29) is 39.5 Å². The van der Waals surface area contributed by atoms with Crippen LogP contribution >= 0.6 is 0 Å². The molecule has 0 aromatic carbocycles. The Morgan fingerprint density at radius 1 is 1.44 bits per heavy atom. The Labute approximate surface area is 111 Å². The number of carbonyl (C=O) groups excluding carboxylic acids is 1. The molecule has 2 atom stereocenters. The molecule has 2 aliphatic carbocycles. The van der Waals surface area contributed by atoms with Crippen molar-refractivity contribution in [3.05, 3.63) is 0 Å². The Balaban J connectivity index is 0.00000128. The van der Waals surface area contributed by atoms with Crippen molar-refractivity contribution in [3.8, 4) is 0 Å². The summed E-state index contributed by atoms with van der Waals surface area (Å²) in [7, 11) is -4.33. The van der Waals surface area contributed by atoms with Gasteiger partial charge in [0.1, 0.15) is 5.78 Å². The van der Waals surface area contributed by atoms with E-state index in [9.17, 15) is 17.8 Å². The van der Waals surface area contributed by atoms with Gasteiger partial charge in [-0.25, -0.2) is 8.42 Å². The number of rotatable bonds is 2. The van der Waals surface area contributed by atoms with Gasteiger partial charge in [0.05, 0.1) is 15.9 Å². The van der Waals surface area contributed by atoms with E-state index in [2.05, 4.69) is 0 Å². The maximum Gasteiger partial charge on any atom is 1.00 e. The van der Waals surface area contributed by atoms with Gasteiger partial charge in [-0.2, -0.15) is 0 Å². The standard InChI is InChI=1S/C10H16O4S.Ag/c1-9(2)7-3-4-10(9,8(11)5-7)6-15(12,13)14;/h7H,3-6H2,1-2H3,(H,12,13,14);/q;+1/p-1/t7?,10-;/m1./s1. The fourth-order valence-corrected chi connectivity index (χ4v) is 4.69. The van der Waals surface area contributed by atoms with Gasteiger partial charge in [-0.1, -0.05) is 13.8 Å². The van der Waals surface area contributed by atoms with E-state index in [1.807, 2.05) is 13.8 Å². The van der Waals surface area contributed by atoms with Crippen LogP contribution < -0.4 is 0 Å². The normalized spacial score (nSPS) is 36.2. The molecule has 2 saturated carbocycles. The Morgan fingerprint density at radius 3 is 2.31 bits per heavy atom. The third-order valence-corrected chi connectivity index (χ3v) is 5.41. The molecule has 2 rings (SSSR count). The Hall–Kier alpha value is 0.320. The van der Waals surface area contributed by atoms with Crippen LogP contribution in [0.25, 0.3) is 0 Å². The first-order chi connectivity index (χ1) is 6.69. The summed E-state index contributed by atoms with van der Waals surface area (Å²) in [5, 5.41) is 0. The van der Waals surface area contributed by atoms with Crippen molar-refractivity contribution in [2.75, 3.05) is 5.75 Å². The molecule has 0 N–H and O–H groups in total. The summed E-state index contributed by atoms with van der Waals surface area (Å²) >= 11 is 0. The van der Waals surface area contributed by atoms with Crippen LogP contribution in [0.5, 0.6) is 0 Å². The predicted octanol–water partition coefficient (Wildman–Crippen LogP) is 0.924. The van der Waals surface area contributed by atoms with Crippen molar-refractivity contribution in [2.24, 2.45) is 16.7 Å². The third-order valence-electron chi connectivity index (χ3n) is 4.56. The van der Waals surface area contributed by atoms with Gasteiger partial charge >= 0.3 is 22.4 Å². The Morgan fingerprint density at radius 2 is 2.00 bits per heavy atom. The average molecular weight is 339 g/mol. The van der Waals surface area contributed by atoms with E-state index < -0.39 is 21.3 Å². The largest absolute Gasteiger partial charge is 1.00 e. The summed E-state index contributed by atoms with van der Waals surface area (Å²) in [6.07, 6.45) is 1.88. The molecule has 6 heteroatoms. The maximum atomic E-state index is 11.8. The van der Waals surface area contributed by atoms with Crippen LogP contribution in [0.1, 0.15) is 33.1 Å². The molecule has 4 nitrogen and oxygen atoms in total. The van der Waals surface area contributed by atoms with Crippen molar-refractivity contribution in [2.45, 2.75) is 33.1 Å². The van der Waals surface area contributed by atoms with E-state index in [0.29, 0.717) is 12.8 Å². The van der Waals surface area contributed by atoms with E-state index in [1.54, 1.807) is 0 Å². The summed E-state index contributed by atoms with van der Waals surface area (Å²) in [5.41, 5.74) is -1.22. The molecule has 0 amide bonds. The SMILES string of the molecule is CC1(C)C2CC[C@@]1(CS(=O)(=O)[O-])C(=O)C2.[Ag+]. The molecule has 2 aliphatic rings. The van der Waals surface area contributed by atoms with Gasteiger partial charge in [-0.3, -0.25) is 4.79 Å². The number of ketones is 1. The van der Waals surface area contributed by atoms with Gasteiger partial charge in [0.25, 0.3) is 0 Å². The fraction of sp³-hybridized carbons (Fsp3) is 0.900. The van der Waals surface area contributed by atoms with Crippen molar-refractivity contribution in [1.82, 2.24) is 0 Å². The Bertz CT molecular complexity index is 415. The molecule has 0 saturated heterocycles. The fourth-order valence-electron chi connectivity index (χ4n) is 3.41. The van der Waals surface area contributed by atoms with Crippen LogP contribution in [0, 0.1) is 16.7 Å². The van der Waals surface area contributed by atoms with Crippen LogP contribution in [0.15, 0.2) is 0 Å². The molecule has 1 unspecified atom stereocenters. The summed E-state index contributed by atoms with van der Waals surface area (Å²) in [5.74, 6) is -0.280. The second kappa shape index (κ2) is 3.92. The molecule has 0 spiro atoms. The zero-order valence-electron chi connectivity index (χ0n) is 9.25. The zero-order chi connectivity index (χ0) is 11.5. The van der Waals surface area contributed by atoms with Crippen LogP contribution in [-0.2, 0) is 37.3 Å². The predicted molar refractivity (Wildman–Crippen MR) is 53.1 cm³/mol. The first-order valence-corrected chi connectivity index (χ1v) is 6.74. The van der Waals surface area contributed by atoms with Crippen molar-refractivity contribution in [1.29, 1.82) is 0 Å². The molecule has 16 heavy (non-hydrogen) atoms. The van der Waals surface area contributed by atoms with Gasteiger partial charge in [-0.05, 0) is 24.2 Å². The van der Waals surface area contributed by atoms with E-state index >= 15 is 0 Å². The molecule has 0 heterocycles. The first-order valence-electron chi connectivity index (χ1n) is 5.16. The van der Waals surface area contributed by atoms with E-state index in [1.165, 1.54) is 0 Å². The number of hydrogen-bond acceptors (Lipinski definition) is 4. The summed E-state index contributed by atoms with van der Waals surface area (Å²) < 4.78 is 32.7. The van der Waals surface area contributed by atoms with E-state index in [4.69, 9.17) is 0 Å². The quantitative estimate of drug-likeness (QED) is 0.554. The minimum absolute atomic E-state index is 0. The van der Waals surface area contributed by atoms with Gasteiger partial charge < -0.3 is 4.55 Å². The number of fused-ring (bicyclic) bond motifs is 2. The van der Waals surface area contributed by atoms with Crippen molar-refractivity contribution < 1.29 is 40.1 Å². The second-order valence-corrected chi connectivity index (χ2v) is 6.77. The second-order valence-electron chi connectivity index (χ2n) is 5.37. The summed E-state index contributed by atoms with van der Waals surface area (Å²) in [6.45, 7) is 3.83. The molecule has 0 radical (unpaired) electrons. The monoisotopic (exact) mass is 338 g/mol. The summed E-state index contributed by atoms with van der Waals surface area (Å²) in [6, 6.07) is 0. The summed E-state index contributed by atoms with van der Waals surface area (Å²) in [4.78, 5) is 11.8. The van der Waals surface area contributed by atoms with Crippen molar-refractivity contribution >= 4 is 15.9 Å². The molecule has 0 aromatic heterocycles. The molecular formula is C10H15AgO4S. The van der Waals surface area contributed by atoms with Crippen molar-refractivity contribution in [3.63, 3.8) is 0 Å². The molecule has 2 bridgehead atoms. The topological polar surface area (TPSA) is 74.3 Å². The van der Waals surface area contributed by atoms with Gasteiger partial charge in [-0.15, -0.1) is 0 Å². The minimum Gasteiger partial charge on any atom is -0.748 e. The number of Topliss-reactive ketones (excluding diaryl/α,β-unsaturated/α-hetero) is 1. The zero-order valence-corrected chi connectivity index (χ0v) is 11.5. The minimum atomic E-state index is -4.33. The third kappa shape index (κ3) is 1.82. The molecule has 2 fully saturated rings. The molecule has 0 aliphatic heterocycles. The van der Waals surface area contributed by atoms with Gasteiger partial charge in [0.2, 0.25) is 0 Å². The van der Waals surface area contributed by atoms with Gasteiger partial charge in [0, 0.05) is 11.8 Å². The van der Waals surface area contributed by atoms with E-state index in [0.717, 1.165) is 6.42 Å². The Kier molecular flexibility index (Phi) is 3.52. The molecule has 96 valence electrons. The van der Waals surface area contributed by atoms with Crippen LogP contribution in [-0.4, -0.2) is 24.5 Å². The molecule has 0 aromatic rings. The van der Waals surface area contributed by atoms with Crippen LogP contribution in [0.3, 0.4) is 0 Å². The maximum absolute atomic E-state index is 11.8. The molecular weight excluding hydrogens is 324 g/mol. The first kappa shape index (κ1) is 14.4. The number of carbonyl (C=O) groups is 1. The average Bonchev–Trinajstić information content (AvgIpc) is 2.34. The number of hydrogen-bond donors (Lipinski definition) is 0. The van der Waals surface area contributed by atoms with Gasteiger partial charge in [0.15, 0.2) is 0 Å². The van der Waals surface area contributed by atoms with Crippen LogP contribution in [0.2, 0.25) is 0 Å². The smallest absolute Gasteiger partial charge is 0.748 e. The van der Waals surface area contributed by atoms with Crippen LogP contribution in [0.4, 0.5) is 0 Å².